The molecule has 1 heteroatoms. The number of Topliss-reactive ketones (excluding diaryl/α,β-unsaturated/α-hetero) is 1. The molecule has 2 aromatic carbocycles. The van der Waals surface area contributed by atoms with Crippen LogP contribution in [0.2, 0.25) is 0 Å². The molecule has 0 amide bonds. The Labute approximate surface area is 120 Å². The first kappa shape index (κ1) is 13.1. The van der Waals surface area contributed by atoms with Crippen molar-refractivity contribution in [1.29, 1.82) is 0 Å². The van der Waals surface area contributed by atoms with Crippen molar-refractivity contribution in [3.8, 4) is 0 Å². The van der Waals surface area contributed by atoms with Crippen LogP contribution in [0.25, 0.3) is 0 Å². The van der Waals surface area contributed by atoms with Gasteiger partial charge in [-0.15, -0.1) is 0 Å². The van der Waals surface area contributed by atoms with E-state index in [4.69, 9.17) is 0 Å². The van der Waals surface area contributed by atoms with Gasteiger partial charge in [-0.05, 0) is 17.5 Å². The summed E-state index contributed by atoms with van der Waals surface area (Å²) in [6.45, 7) is 4.15. The molecule has 1 aliphatic rings. The molecule has 2 aromatic rings. The van der Waals surface area contributed by atoms with Crippen LogP contribution in [0.5, 0.6) is 0 Å². The van der Waals surface area contributed by atoms with E-state index in [0.29, 0.717) is 5.78 Å². The van der Waals surface area contributed by atoms with Crippen LogP contribution < -0.4 is 0 Å². The number of hydrogen-bond acceptors (Lipinski definition) is 1. The number of rotatable bonds is 2. The Morgan fingerprint density at radius 2 is 1.30 bits per heavy atom. The van der Waals surface area contributed by atoms with Gasteiger partial charge in [0.15, 0.2) is 0 Å². The van der Waals surface area contributed by atoms with Gasteiger partial charge in [0.25, 0.3) is 0 Å². The lowest BCUT2D eigenvalue weighted by Crippen LogP contribution is -2.32. The molecule has 0 spiro atoms. The second-order valence-electron chi connectivity index (χ2n) is 5.93. The molecule has 1 fully saturated rings. The summed E-state index contributed by atoms with van der Waals surface area (Å²) in [5, 5.41) is 0. The molecule has 0 heterocycles. The van der Waals surface area contributed by atoms with Crippen LogP contribution in [0.15, 0.2) is 60.7 Å². The molecule has 2 unspecified atom stereocenters. The first-order chi connectivity index (χ1) is 9.66. The Kier molecular flexibility index (Phi) is 3.21. The minimum atomic E-state index is -0.168. The highest BCUT2D eigenvalue weighted by Crippen LogP contribution is 2.50. The van der Waals surface area contributed by atoms with E-state index in [1.54, 1.807) is 0 Å². The Bertz CT molecular complexity index is 561. The Morgan fingerprint density at radius 1 is 0.850 bits per heavy atom. The lowest BCUT2D eigenvalue weighted by Gasteiger charge is -2.34. The summed E-state index contributed by atoms with van der Waals surface area (Å²) in [5.41, 5.74) is 2.35. The number of carbonyl (C=O) groups excluding carboxylic acids is 1. The van der Waals surface area contributed by atoms with Gasteiger partial charge in [0.05, 0.1) is 0 Å². The molecule has 0 radical (unpaired) electrons. The van der Waals surface area contributed by atoms with Crippen LogP contribution in [-0.4, -0.2) is 5.78 Å². The molecule has 2 atom stereocenters. The van der Waals surface area contributed by atoms with Gasteiger partial charge < -0.3 is 0 Å². The highest BCUT2D eigenvalue weighted by Gasteiger charge is 2.51. The second-order valence-corrected chi connectivity index (χ2v) is 5.93. The topological polar surface area (TPSA) is 17.1 Å². The molecule has 1 aliphatic carbocycles. The molecule has 1 nitrogen and oxygen atoms in total. The Morgan fingerprint density at radius 3 is 1.65 bits per heavy atom. The average Bonchev–Trinajstić information content (AvgIpc) is 2.74. The fourth-order valence-corrected chi connectivity index (χ4v) is 3.80. The molecular weight excluding hydrogens is 244 g/mol. The van der Waals surface area contributed by atoms with Gasteiger partial charge in [-0.25, -0.2) is 0 Å². The fourth-order valence-electron chi connectivity index (χ4n) is 3.80. The van der Waals surface area contributed by atoms with E-state index in [-0.39, 0.29) is 17.3 Å². The monoisotopic (exact) mass is 264 g/mol. The minimum Gasteiger partial charge on any atom is -0.299 e. The molecule has 0 aromatic heterocycles. The number of benzene rings is 2. The third kappa shape index (κ3) is 1.81. The largest absolute Gasteiger partial charge is 0.299 e. The van der Waals surface area contributed by atoms with Gasteiger partial charge in [-0.1, -0.05) is 74.5 Å². The molecule has 0 bridgehead atoms. The van der Waals surface area contributed by atoms with Gasteiger partial charge in [0.2, 0.25) is 0 Å². The molecule has 0 N–H and O–H groups in total. The van der Waals surface area contributed by atoms with E-state index >= 15 is 0 Å². The summed E-state index contributed by atoms with van der Waals surface area (Å²) in [7, 11) is 0. The molecule has 102 valence electrons. The van der Waals surface area contributed by atoms with Gasteiger partial charge in [0.1, 0.15) is 5.78 Å². The van der Waals surface area contributed by atoms with Gasteiger partial charge in [-0.3, -0.25) is 4.79 Å². The van der Waals surface area contributed by atoms with Gasteiger partial charge in [0, 0.05) is 17.3 Å². The minimum absolute atomic E-state index is 0.0299. The maximum Gasteiger partial charge on any atom is 0.139 e. The SMILES string of the molecule is CC1CC(c2ccccc2)(c2ccccc2)C(C)C1=O. The van der Waals surface area contributed by atoms with E-state index in [1.807, 2.05) is 12.1 Å². The first-order valence-corrected chi connectivity index (χ1v) is 7.31. The summed E-state index contributed by atoms with van der Waals surface area (Å²) in [4.78, 5) is 12.5. The molecular formula is C19H20O. The van der Waals surface area contributed by atoms with Crippen molar-refractivity contribution in [2.45, 2.75) is 25.7 Å². The van der Waals surface area contributed by atoms with Crippen LogP contribution in [0.1, 0.15) is 31.4 Å². The van der Waals surface area contributed by atoms with Crippen molar-refractivity contribution in [2.75, 3.05) is 0 Å². The predicted octanol–water partition coefficient (Wildman–Crippen LogP) is 4.22. The average molecular weight is 264 g/mol. The first-order valence-electron chi connectivity index (χ1n) is 7.31. The van der Waals surface area contributed by atoms with E-state index in [0.717, 1.165) is 6.42 Å². The van der Waals surface area contributed by atoms with Gasteiger partial charge >= 0.3 is 0 Å². The fraction of sp³-hybridized carbons (Fsp3) is 0.316. The van der Waals surface area contributed by atoms with E-state index in [1.165, 1.54) is 11.1 Å². The number of ketones is 1. The maximum atomic E-state index is 12.5. The molecule has 0 aliphatic heterocycles. The third-order valence-electron chi connectivity index (χ3n) is 4.86. The van der Waals surface area contributed by atoms with Gasteiger partial charge in [-0.2, -0.15) is 0 Å². The molecule has 20 heavy (non-hydrogen) atoms. The van der Waals surface area contributed by atoms with Crippen molar-refractivity contribution >= 4 is 5.78 Å². The zero-order valence-electron chi connectivity index (χ0n) is 12.0. The van der Waals surface area contributed by atoms with Crippen molar-refractivity contribution in [3.05, 3.63) is 71.8 Å². The normalized spacial score (nSPS) is 24.8. The van der Waals surface area contributed by atoms with Crippen molar-refractivity contribution in [1.82, 2.24) is 0 Å². The lowest BCUT2D eigenvalue weighted by molar-refractivity contribution is -0.123. The summed E-state index contributed by atoms with van der Waals surface area (Å²) in [5.74, 6) is 0.547. The zero-order valence-corrected chi connectivity index (χ0v) is 12.0. The smallest absolute Gasteiger partial charge is 0.139 e. The highest BCUT2D eigenvalue weighted by atomic mass is 16.1. The maximum absolute atomic E-state index is 12.5. The predicted molar refractivity (Wildman–Crippen MR) is 81.6 cm³/mol. The van der Waals surface area contributed by atoms with Crippen LogP contribution >= 0.6 is 0 Å². The van der Waals surface area contributed by atoms with Crippen molar-refractivity contribution in [2.24, 2.45) is 11.8 Å². The summed E-state index contributed by atoms with van der Waals surface area (Å²) in [6, 6.07) is 21.0. The molecule has 1 saturated carbocycles. The Hall–Kier alpha value is -1.89. The van der Waals surface area contributed by atoms with Crippen LogP contribution in [0, 0.1) is 11.8 Å². The van der Waals surface area contributed by atoms with E-state index in [2.05, 4.69) is 62.4 Å². The lowest BCUT2D eigenvalue weighted by atomic mass is 9.68. The standard InChI is InChI=1S/C19H20O/c1-14-13-19(15(2)18(14)20,16-9-5-3-6-10-16)17-11-7-4-8-12-17/h3-12,14-15H,13H2,1-2H3. The third-order valence-corrected chi connectivity index (χ3v) is 4.86. The Balaban J connectivity index is 2.22. The molecule has 0 saturated heterocycles. The van der Waals surface area contributed by atoms with E-state index in [9.17, 15) is 4.79 Å². The van der Waals surface area contributed by atoms with Crippen LogP contribution in [0.3, 0.4) is 0 Å². The number of hydrogen-bond donors (Lipinski definition) is 0. The summed E-state index contributed by atoms with van der Waals surface area (Å²) in [6.07, 6.45) is 0.904. The van der Waals surface area contributed by atoms with Crippen LogP contribution in [-0.2, 0) is 10.2 Å². The number of carbonyl (C=O) groups is 1. The summed E-state index contributed by atoms with van der Waals surface area (Å²) >= 11 is 0. The molecule has 3 rings (SSSR count). The zero-order chi connectivity index (χ0) is 14.2. The quantitative estimate of drug-likeness (QED) is 0.793. The van der Waals surface area contributed by atoms with E-state index < -0.39 is 0 Å². The highest BCUT2D eigenvalue weighted by molar-refractivity contribution is 5.88. The van der Waals surface area contributed by atoms with Crippen molar-refractivity contribution < 1.29 is 4.79 Å². The second kappa shape index (κ2) is 4.90. The summed E-state index contributed by atoms with van der Waals surface area (Å²) < 4.78 is 0. The van der Waals surface area contributed by atoms with Crippen LogP contribution in [0.4, 0.5) is 0 Å². The van der Waals surface area contributed by atoms with Crippen molar-refractivity contribution in [3.63, 3.8) is 0 Å².